The van der Waals surface area contributed by atoms with Crippen LogP contribution in [0.1, 0.15) is 25.3 Å². The Bertz CT molecular complexity index is 596. The van der Waals surface area contributed by atoms with E-state index in [1.165, 1.54) is 4.90 Å². The smallest absolute Gasteiger partial charge is 0.326 e. The number of carbonyl (C=O) groups is 2. The Morgan fingerprint density at radius 2 is 1.95 bits per heavy atom. The highest BCUT2D eigenvalue weighted by Gasteiger charge is 2.42. The second-order valence-corrected chi connectivity index (χ2v) is 6.35. The Morgan fingerprint density at radius 1 is 1.23 bits per heavy atom. The van der Waals surface area contributed by atoms with Gasteiger partial charge >= 0.3 is 5.97 Å². The van der Waals surface area contributed by atoms with E-state index in [0.717, 1.165) is 18.4 Å². The fourth-order valence-corrected chi connectivity index (χ4v) is 3.60. The summed E-state index contributed by atoms with van der Waals surface area (Å²) in [6.07, 6.45) is 6.22. The van der Waals surface area contributed by atoms with E-state index in [-0.39, 0.29) is 17.7 Å². The number of carboxylic acids is 1. The van der Waals surface area contributed by atoms with Crippen LogP contribution in [-0.2, 0) is 16.1 Å². The van der Waals surface area contributed by atoms with Crippen molar-refractivity contribution in [3.05, 3.63) is 48.0 Å². The quantitative estimate of drug-likeness (QED) is 0.850. The fraction of sp³-hybridized carbons (Fsp3) is 0.444. The average molecular weight is 299 g/mol. The largest absolute Gasteiger partial charge is 0.480 e. The first kappa shape index (κ1) is 14.8. The molecular formula is C18H21NO3. The Kier molecular flexibility index (Phi) is 4.01. The SMILES string of the molecule is CC(C(=O)O)N(Cc1ccccc1)C(=O)C1CC2C=CC1C2. The number of nitrogens with zero attached hydrogens (tertiary/aromatic N) is 1. The molecule has 2 bridgehead atoms. The summed E-state index contributed by atoms with van der Waals surface area (Å²) in [5.74, 6) is -0.242. The normalized spacial score (nSPS) is 26.9. The zero-order valence-electron chi connectivity index (χ0n) is 12.7. The van der Waals surface area contributed by atoms with Crippen molar-refractivity contribution >= 4 is 11.9 Å². The van der Waals surface area contributed by atoms with Crippen molar-refractivity contribution in [1.82, 2.24) is 4.90 Å². The summed E-state index contributed by atoms with van der Waals surface area (Å²) in [4.78, 5) is 25.8. The van der Waals surface area contributed by atoms with Crippen LogP contribution >= 0.6 is 0 Å². The van der Waals surface area contributed by atoms with E-state index in [1.807, 2.05) is 30.3 Å². The van der Waals surface area contributed by atoms with E-state index < -0.39 is 12.0 Å². The third-order valence-electron chi connectivity index (χ3n) is 4.90. The number of amides is 1. The predicted molar refractivity (Wildman–Crippen MR) is 82.9 cm³/mol. The summed E-state index contributed by atoms with van der Waals surface area (Å²) in [5.41, 5.74) is 0.961. The van der Waals surface area contributed by atoms with Crippen LogP contribution < -0.4 is 0 Å². The van der Waals surface area contributed by atoms with Crippen LogP contribution in [0.15, 0.2) is 42.5 Å². The van der Waals surface area contributed by atoms with Gasteiger partial charge in [-0.1, -0.05) is 42.5 Å². The molecule has 0 radical (unpaired) electrons. The van der Waals surface area contributed by atoms with Crippen molar-refractivity contribution in [3.8, 4) is 0 Å². The lowest BCUT2D eigenvalue weighted by molar-refractivity contribution is -0.152. The van der Waals surface area contributed by atoms with E-state index in [0.29, 0.717) is 12.5 Å². The standard InChI is InChI=1S/C18H21NO3/c1-12(18(21)22)19(11-13-5-3-2-4-6-13)17(20)16-10-14-7-8-15(16)9-14/h2-8,12,14-16H,9-11H2,1H3,(H,21,22). The number of benzene rings is 1. The molecule has 1 N–H and O–H groups in total. The van der Waals surface area contributed by atoms with E-state index in [4.69, 9.17) is 0 Å². The van der Waals surface area contributed by atoms with Gasteiger partial charge in [0.15, 0.2) is 0 Å². The number of carbonyl (C=O) groups excluding carboxylic acids is 1. The number of allylic oxidation sites excluding steroid dienone is 2. The lowest BCUT2D eigenvalue weighted by atomic mass is 9.91. The molecule has 0 aromatic heterocycles. The zero-order valence-corrected chi connectivity index (χ0v) is 12.7. The summed E-state index contributed by atoms with van der Waals surface area (Å²) < 4.78 is 0. The maximum Gasteiger partial charge on any atom is 0.326 e. The third-order valence-corrected chi connectivity index (χ3v) is 4.90. The highest BCUT2D eigenvalue weighted by Crippen LogP contribution is 2.44. The summed E-state index contributed by atoms with van der Waals surface area (Å²) >= 11 is 0. The molecular weight excluding hydrogens is 278 g/mol. The predicted octanol–water partition coefficient (Wildman–Crippen LogP) is 2.70. The zero-order chi connectivity index (χ0) is 15.7. The molecule has 0 saturated heterocycles. The molecule has 2 aliphatic carbocycles. The third kappa shape index (κ3) is 2.78. The highest BCUT2D eigenvalue weighted by atomic mass is 16.4. The van der Waals surface area contributed by atoms with Gasteiger partial charge in [-0.05, 0) is 37.2 Å². The molecule has 4 heteroatoms. The lowest BCUT2D eigenvalue weighted by Gasteiger charge is -2.31. The van der Waals surface area contributed by atoms with Crippen LogP contribution in [0.3, 0.4) is 0 Å². The van der Waals surface area contributed by atoms with Crippen molar-refractivity contribution in [3.63, 3.8) is 0 Å². The van der Waals surface area contributed by atoms with E-state index in [2.05, 4.69) is 12.2 Å². The molecule has 1 aromatic carbocycles. The molecule has 4 nitrogen and oxygen atoms in total. The van der Waals surface area contributed by atoms with Gasteiger partial charge in [-0.15, -0.1) is 0 Å². The van der Waals surface area contributed by atoms with Gasteiger partial charge in [-0.3, -0.25) is 4.79 Å². The van der Waals surface area contributed by atoms with Crippen LogP contribution in [0.5, 0.6) is 0 Å². The van der Waals surface area contributed by atoms with Crippen molar-refractivity contribution in [2.45, 2.75) is 32.4 Å². The summed E-state index contributed by atoms with van der Waals surface area (Å²) in [5, 5.41) is 9.35. The number of rotatable bonds is 5. The molecule has 2 aliphatic rings. The van der Waals surface area contributed by atoms with Crippen molar-refractivity contribution < 1.29 is 14.7 Å². The van der Waals surface area contributed by atoms with Crippen LogP contribution in [0.25, 0.3) is 0 Å². The van der Waals surface area contributed by atoms with Gasteiger partial charge in [-0.2, -0.15) is 0 Å². The fourth-order valence-electron chi connectivity index (χ4n) is 3.60. The van der Waals surface area contributed by atoms with Gasteiger partial charge in [0.1, 0.15) is 6.04 Å². The molecule has 0 spiro atoms. The van der Waals surface area contributed by atoms with Gasteiger partial charge in [0.05, 0.1) is 0 Å². The Hall–Kier alpha value is -2.10. The van der Waals surface area contributed by atoms with E-state index >= 15 is 0 Å². The molecule has 1 fully saturated rings. The number of aliphatic carboxylic acids is 1. The molecule has 3 rings (SSSR count). The monoisotopic (exact) mass is 299 g/mol. The van der Waals surface area contributed by atoms with Crippen molar-refractivity contribution in [1.29, 1.82) is 0 Å². The average Bonchev–Trinajstić information content (AvgIpc) is 3.15. The van der Waals surface area contributed by atoms with Gasteiger partial charge in [-0.25, -0.2) is 4.79 Å². The van der Waals surface area contributed by atoms with Crippen LogP contribution in [0, 0.1) is 17.8 Å². The Balaban J connectivity index is 1.80. The highest BCUT2D eigenvalue weighted by molar-refractivity contribution is 5.85. The van der Waals surface area contributed by atoms with Gasteiger partial charge < -0.3 is 10.0 Å². The number of hydrogen-bond acceptors (Lipinski definition) is 2. The van der Waals surface area contributed by atoms with Crippen molar-refractivity contribution in [2.75, 3.05) is 0 Å². The Labute approximate surface area is 130 Å². The molecule has 0 aliphatic heterocycles. The van der Waals surface area contributed by atoms with Crippen LogP contribution in [0.4, 0.5) is 0 Å². The second kappa shape index (κ2) is 5.95. The van der Waals surface area contributed by atoms with E-state index in [9.17, 15) is 14.7 Å². The minimum absolute atomic E-state index is 0.0180. The minimum Gasteiger partial charge on any atom is -0.480 e. The molecule has 1 amide bonds. The van der Waals surface area contributed by atoms with Gasteiger partial charge in [0.25, 0.3) is 0 Å². The van der Waals surface area contributed by atoms with E-state index in [1.54, 1.807) is 6.92 Å². The summed E-state index contributed by atoms with van der Waals surface area (Å²) in [7, 11) is 0. The molecule has 0 heterocycles. The molecule has 22 heavy (non-hydrogen) atoms. The number of carboxylic acid groups (broad SMARTS) is 1. The molecule has 1 aromatic rings. The summed E-state index contributed by atoms with van der Waals surface area (Å²) in [6, 6.07) is 8.77. The minimum atomic E-state index is -0.956. The topological polar surface area (TPSA) is 57.6 Å². The van der Waals surface area contributed by atoms with Gasteiger partial charge in [0.2, 0.25) is 5.91 Å². The first-order valence-corrected chi connectivity index (χ1v) is 7.82. The second-order valence-electron chi connectivity index (χ2n) is 6.35. The van der Waals surface area contributed by atoms with Crippen molar-refractivity contribution in [2.24, 2.45) is 17.8 Å². The van der Waals surface area contributed by atoms with Crippen LogP contribution in [0.2, 0.25) is 0 Å². The Morgan fingerprint density at radius 3 is 2.50 bits per heavy atom. The van der Waals surface area contributed by atoms with Gasteiger partial charge in [0, 0.05) is 12.5 Å². The first-order valence-electron chi connectivity index (χ1n) is 7.82. The maximum atomic E-state index is 12.9. The molecule has 1 saturated carbocycles. The maximum absolute atomic E-state index is 12.9. The first-order chi connectivity index (χ1) is 10.6. The number of fused-ring (bicyclic) bond motifs is 2. The molecule has 4 unspecified atom stereocenters. The number of hydrogen-bond donors (Lipinski definition) is 1. The van der Waals surface area contributed by atoms with Crippen LogP contribution in [-0.4, -0.2) is 27.9 Å². The lowest BCUT2D eigenvalue weighted by Crippen LogP contribution is -2.46. The molecule has 116 valence electrons. The molecule has 4 atom stereocenters. The summed E-state index contributed by atoms with van der Waals surface area (Å²) in [6.45, 7) is 1.94.